The molecule has 7 heteroatoms. The fraction of sp³-hybridized carbons (Fsp3) is 0.533. The maximum absolute atomic E-state index is 5.83. The lowest BCUT2D eigenvalue weighted by atomic mass is 10.2. The van der Waals surface area contributed by atoms with Crippen molar-refractivity contribution in [2.75, 3.05) is 20.2 Å². The standard InChI is InChI=1S/C15H20N4O3/c1-10-14(11(2)22-18-10)9-19-5-4-12(8-19)21-15-16-6-13(20-3)7-17-15/h6-7,12H,4-5,8-9H2,1-3H3. The first-order chi connectivity index (χ1) is 10.7. The van der Waals surface area contributed by atoms with Crippen molar-refractivity contribution in [3.05, 3.63) is 29.4 Å². The van der Waals surface area contributed by atoms with E-state index in [1.807, 2.05) is 13.8 Å². The first-order valence-corrected chi connectivity index (χ1v) is 7.32. The van der Waals surface area contributed by atoms with Gasteiger partial charge in [-0.05, 0) is 20.3 Å². The highest BCUT2D eigenvalue weighted by Crippen LogP contribution is 2.21. The van der Waals surface area contributed by atoms with Crippen LogP contribution in [0.5, 0.6) is 11.8 Å². The molecule has 1 saturated heterocycles. The van der Waals surface area contributed by atoms with Crippen LogP contribution >= 0.6 is 0 Å². The lowest BCUT2D eigenvalue weighted by Crippen LogP contribution is -2.25. The molecule has 118 valence electrons. The molecular formula is C15H20N4O3. The summed E-state index contributed by atoms with van der Waals surface area (Å²) < 4.78 is 16.1. The molecule has 2 aromatic rings. The van der Waals surface area contributed by atoms with Gasteiger partial charge in [0.05, 0.1) is 25.2 Å². The molecule has 0 saturated carbocycles. The van der Waals surface area contributed by atoms with E-state index in [4.69, 9.17) is 14.0 Å². The molecule has 1 unspecified atom stereocenters. The maximum Gasteiger partial charge on any atom is 0.316 e. The average Bonchev–Trinajstić information content (AvgIpc) is 3.10. The van der Waals surface area contributed by atoms with Crippen molar-refractivity contribution in [1.82, 2.24) is 20.0 Å². The number of hydrogen-bond donors (Lipinski definition) is 0. The van der Waals surface area contributed by atoms with Gasteiger partial charge in [-0.2, -0.15) is 9.97 Å². The van der Waals surface area contributed by atoms with Crippen LogP contribution < -0.4 is 9.47 Å². The predicted molar refractivity (Wildman–Crippen MR) is 78.9 cm³/mol. The first kappa shape index (κ1) is 14.8. The Kier molecular flexibility index (Phi) is 4.24. The second-order valence-corrected chi connectivity index (χ2v) is 5.47. The van der Waals surface area contributed by atoms with Gasteiger partial charge in [0, 0.05) is 25.2 Å². The number of hydrogen-bond acceptors (Lipinski definition) is 7. The third-order valence-electron chi connectivity index (χ3n) is 3.90. The van der Waals surface area contributed by atoms with E-state index in [0.29, 0.717) is 11.8 Å². The highest BCUT2D eigenvalue weighted by Gasteiger charge is 2.26. The largest absolute Gasteiger partial charge is 0.494 e. The van der Waals surface area contributed by atoms with Crippen molar-refractivity contribution in [3.8, 4) is 11.8 Å². The number of methoxy groups -OCH3 is 1. The smallest absolute Gasteiger partial charge is 0.316 e. The Morgan fingerprint density at radius 2 is 2.09 bits per heavy atom. The number of ether oxygens (including phenoxy) is 2. The normalized spacial score (nSPS) is 18.6. The second-order valence-electron chi connectivity index (χ2n) is 5.47. The minimum atomic E-state index is 0.105. The van der Waals surface area contributed by atoms with Crippen molar-refractivity contribution < 1.29 is 14.0 Å². The summed E-state index contributed by atoms with van der Waals surface area (Å²) >= 11 is 0. The van der Waals surface area contributed by atoms with Crippen molar-refractivity contribution >= 4 is 0 Å². The van der Waals surface area contributed by atoms with Crippen LogP contribution in [-0.4, -0.2) is 46.3 Å². The molecule has 0 aliphatic carbocycles. The van der Waals surface area contributed by atoms with Crippen LogP contribution in [0, 0.1) is 13.8 Å². The van der Waals surface area contributed by atoms with Gasteiger partial charge in [0.2, 0.25) is 0 Å². The zero-order chi connectivity index (χ0) is 15.5. The van der Waals surface area contributed by atoms with Crippen molar-refractivity contribution in [1.29, 1.82) is 0 Å². The fourth-order valence-electron chi connectivity index (χ4n) is 2.61. The van der Waals surface area contributed by atoms with Gasteiger partial charge >= 0.3 is 6.01 Å². The van der Waals surface area contributed by atoms with E-state index in [1.54, 1.807) is 19.5 Å². The summed E-state index contributed by atoms with van der Waals surface area (Å²) in [5, 5.41) is 4.00. The number of likely N-dealkylation sites (tertiary alicyclic amines) is 1. The zero-order valence-corrected chi connectivity index (χ0v) is 13.1. The van der Waals surface area contributed by atoms with Gasteiger partial charge in [0.25, 0.3) is 0 Å². The second kappa shape index (κ2) is 6.31. The van der Waals surface area contributed by atoms with Crippen LogP contribution in [0.1, 0.15) is 23.4 Å². The first-order valence-electron chi connectivity index (χ1n) is 7.32. The quantitative estimate of drug-likeness (QED) is 0.833. The highest BCUT2D eigenvalue weighted by atomic mass is 16.5. The van der Waals surface area contributed by atoms with E-state index in [-0.39, 0.29) is 6.10 Å². The van der Waals surface area contributed by atoms with Crippen LogP contribution in [0.15, 0.2) is 16.9 Å². The number of rotatable bonds is 5. The zero-order valence-electron chi connectivity index (χ0n) is 13.1. The summed E-state index contributed by atoms with van der Waals surface area (Å²) in [6, 6.07) is 0.394. The van der Waals surface area contributed by atoms with Gasteiger partial charge in [-0.3, -0.25) is 4.90 Å². The molecule has 1 atom stereocenters. The van der Waals surface area contributed by atoms with Gasteiger partial charge in [0.1, 0.15) is 11.9 Å². The highest BCUT2D eigenvalue weighted by molar-refractivity contribution is 5.20. The SMILES string of the molecule is COc1cnc(OC2CCN(Cc3c(C)noc3C)C2)nc1. The Bertz CT molecular complexity index is 607. The van der Waals surface area contributed by atoms with Crippen LogP contribution in [0.25, 0.3) is 0 Å². The molecule has 3 rings (SSSR count). The number of aryl methyl sites for hydroxylation is 2. The molecule has 0 bridgehead atoms. The van der Waals surface area contributed by atoms with Crippen LogP contribution in [0.3, 0.4) is 0 Å². The molecule has 0 spiro atoms. The number of aromatic nitrogens is 3. The summed E-state index contributed by atoms with van der Waals surface area (Å²) in [6.07, 6.45) is 4.28. The Morgan fingerprint density at radius 3 is 2.73 bits per heavy atom. The molecule has 2 aromatic heterocycles. The van der Waals surface area contributed by atoms with Crippen molar-refractivity contribution in [2.45, 2.75) is 32.9 Å². The average molecular weight is 304 g/mol. The van der Waals surface area contributed by atoms with Crippen LogP contribution in [0.2, 0.25) is 0 Å². The minimum Gasteiger partial charge on any atom is -0.494 e. The molecule has 0 N–H and O–H groups in total. The summed E-state index contributed by atoms with van der Waals surface area (Å²) in [5.41, 5.74) is 2.13. The fourth-order valence-corrected chi connectivity index (χ4v) is 2.61. The molecule has 22 heavy (non-hydrogen) atoms. The topological polar surface area (TPSA) is 73.5 Å². The van der Waals surface area contributed by atoms with Crippen molar-refractivity contribution in [3.63, 3.8) is 0 Å². The summed E-state index contributed by atoms with van der Waals surface area (Å²) in [5.74, 6) is 1.51. The molecule has 1 aliphatic rings. The van der Waals surface area contributed by atoms with Gasteiger partial charge < -0.3 is 14.0 Å². The lowest BCUT2D eigenvalue weighted by molar-refractivity contribution is 0.182. The molecule has 1 fully saturated rings. The molecule has 3 heterocycles. The summed E-state index contributed by atoms with van der Waals surface area (Å²) in [7, 11) is 1.59. The maximum atomic E-state index is 5.83. The molecule has 7 nitrogen and oxygen atoms in total. The summed E-state index contributed by atoms with van der Waals surface area (Å²) in [6.45, 7) is 6.58. The molecule has 0 aromatic carbocycles. The van der Waals surface area contributed by atoms with E-state index < -0.39 is 0 Å². The Balaban J connectivity index is 1.55. The van der Waals surface area contributed by atoms with Crippen LogP contribution in [0.4, 0.5) is 0 Å². The lowest BCUT2D eigenvalue weighted by Gasteiger charge is -2.16. The molecule has 0 amide bonds. The monoisotopic (exact) mass is 304 g/mol. The number of nitrogens with zero attached hydrogens (tertiary/aromatic N) is 4. The Morgan fingerprint density at radius 1 is 1.32 bits per heavy atom. The minimum absolute atomic E-state index is 0.105. The third kappa shape index (κ3) is 3.19. The van der Waals surface area contributed by atoms with E-state index in [1.165, 1.54) is 5.56 Å². The predicted octanol–water partition coefficient (Wildman–Crippen LogP) is 1.74. The Labute approximate surface area is 129 Å². The van der Waals surface area contributed by atoms with Gasteiger partial charge in [0.15, 0.2) is 5.75 Å². The molecule has 1 aliphatic heterocycles. The third-order valence-corrected chi connectivity index (χ3v) is 3.90. The van der Waals surface area contributed by atoms with E-state index in [2.05, 4.69) is 20.0 Å². The van der Waals surface area contributed by atoms with Gasteiger partial charge in [-0.1, -0.05) is 5.16 Å². The molecule has 0 radical (unpaired) electrons. The van der Waals surface area contributed by atoms with E-state index in [9.17, 15) is 0 Å². The van der Waals surface area contributed by atoms with Crippen LogP contribution in [-0.2, 0) is 6.54 Å². The van der Waals surface area contributed by atoms with Crippen molar-refractivity contribution in [2.24, 2.45) is 0 Å². The van der Waals surface area contributed by atoms with E-state index in [0.717, 1.165) is 37.5 Å². The molecular weight excluding hydrogens is 284 g/mol. The summed E-state index contributed by atoms with van der Waals surface area (Å²) in [4.78, 5) is 10.6. The van der Waals surface area contributed by atoms with Gasteiger partial charge in [-0.15, -0.1) is 0 Å². The van der Waals surface area contributed by atoms with E-state index >= 15 is 0 Å². The Hall–Kier alpha value is -2.15. The van der Waals surface area contributed by atoms with Gasteiger partial charge in [-0.25, -0.2) is 0 Å².